The van der Waals surface area contributed by atoms with Gasteiger partial charge in [-0.05, 0) is 36.2 Å². The summed E-state index contributed by atoms with van der Waals surface area (Å²) in [5.74, 6) is -0.264. The number of carbonyl (C=O) groups excluding carboxylic acids is 1. The third-order valence-corrected chi connectivity index (χ3v) is 5.81. The molecule has 2 heterocycles. The molecule has 144 valence electrons. The Morgan fingerprint density at radius 3 is 2.75 bits per heavy atom. The van der Waals surface area contributed by atoms with Gasteiger partial charge in [-0.1, -0.05) is 30.3 Å². The standard InChI is InChI=1S/C22H22FN3OS/c23-18-8-6-17(7-9-18)22-25-20(15-28-22)12-21(27)24-19-10-11-26(14-19)13-16-4-2-1-3-5-16/h1-9,15,19H,10-14H2,(H,24,27)/t19-/m0/s1. The van der Waals surface area contributed by atoms with Crippen molar-refractivity contribution in [2.24, 2.45) is 0 Å². The molecule has 0 radical (unpaired) electrons. The first-order valence-electron chi connectivity index (χ1n) is 9.42. The van der Waals surface area contributed by atoms with Gasteiger partial charge in [0.25, 0.3) is 0 Å². The molecule has 1 fully saturated rings. The summed E-state index contributed by atoms with van der Waals surface area (Å²) >= 11 is 1.47. The van der Waals surface area contributed by atoms with Gasteiger partial charge in [0, 0.05) is 36.6 Å². The normalized spacial score (nSPS) is 17.0. The number of nitrogens with one attached hydrogen (secondary N) is 1. The van der Waals surface area contributed by atoms with Crippen LogP contribution in [-0.4, -0.2) is 34.9 Å². The number of aromatic nitrogens is 1. The molecule has 1 amide bonds. The van der Waals surface area contributed by atoms with E-state index < -0.39 is 0 Å². The highest BCUT2D eigenvalue weighted by Crippen LogP contribution is 2.24. The number of hydrogen-bond donors (Lipinski definition) is 1. The predicted octanol–water partition coefficient (Wildman–Crippen LogP) is 3.88. The van der Waals surface area contributed by atoms with Gasteiger partial charge in [-0.2, -0.15) is 0 Å². The number of likely N-dealkylation sites (tertiary alicyclic amines) is 1. The molecule has 1 aliphatic heterocycles. The molecule has 28 heavy (non-hydrogen) atoms. The van der Waals surface area contributed by atoms with E-state index in [9.17, 15) is 9.18 Å². The maximum absolute atomic E-state index is 13.0. The summed E-state index contributed by atoms with van der Waals surface area (Å²) < 4.78 is 13.0. The zero-order valence-electron chi connectivity index (χ0n) is 15.5. The second kappa shape index (κ2) is 8.63. The molecule has 1 atom stereocenters. The van der Waals surface area contributed by atoms with E-state index in [0.717, 1.165) is 42.3 Å². The van der Waals surface area contributed by atoms with Crippen molar-refractivity contribution < 1.29 is 9.18 Å². The zero-order valence-corrected chi connectivity index (χ0v) is 16.3. The van der Waals surface area contributed by atoms with Crippen LogP contribution in [-0.2, 0) is 17.8 Å². The van der Waals surface area contributed by atoms with Crippen molar-refractivity contribution in [3.8, 4) is 10.6 Å². The lowest BCUT2D eigenvalue weighted by Gasteiger charge is -2.16. The largest absolute Gasteiger partial charge is 0.352 e. The summed E-state index contributed by atoms with van der Waals surface area (Å²) in [6.07, 6.45) is 1.24. The smallest absolute Gasteiger partial charge is 0.226 e. The van der Waals surface area contributed by atoms with E-state index >= 15 is 0 Å². The molecule has 2 aromatic carbocycles. The number of rotatable bonds is 6. The number of benzene rings is 2. The van der Waals surface area contributed by atoms with Gasteiger partial charge >= 0.3 is 0 Å². The van der Waals surface area contributed by atoms with Crippen molar-refractivity contribution in [2.45, 2.75) is 25.4 Å². The first kappa shape index (κ1) is 18.8. The Hall–Kier alpha value is -2.57. The molecule has 1 N–H and O–H groups in total. The van der Waals surface area contributed by atoms with Gasteiger partial charge in [0.2, 0.25) is 5.91 Å². The van der Waals surface area contributed by atoms with Crippen molar-refractivity contribution >= 4 is 17.2 Å². The Balaban J connectivity index is 1.27. The van der Waals surface area contributed by atoms with Gasteiger partial charge in [-0.3, -0.25) is 9.69 Å². The van der Waals surface area contributed by atoms with Crippen LogP contribution < -0.4 is 5.32 Å². The van der Waals surface area contributed by atoms with E-state index in [4.69, 9.17) is 0 Å². The van der Waals surface area contributed by atoms with Crippen molar-refractivity contribution in [2.75, 3.05) is 13.1 Å². The Morgan fingerprint density at radius 2 is 1.96 bits per heavy atom. The zero-order chi connectivity index (χ0) is 19.3. The van der Waals surface area contributed by atoms with Crippen molar-refractivity contribution in [3.63, 3.8) is 0 Å². The van der Waals surface area contributed by atoms with Crippen LogP contribution in [0.5, 0.6) is 0 Å². The van der Waals surface area contributed by atoms with Crippen LogP contribution >= 0.6 is 11.3 Å². The molecule has 0 saturated carbocycles. The molecule has 0 bridgehead atoms. The number of hydrogen-bond acceptors (Lipinski definition) is 4. The average molecular weight is 396 g/mol. The highest BCUT2D eigenvalue weighted by atomic mass is 32.1. The molecule has 6 heteroatoms. The quantitative estimate of drug-likeness (QED) is 0.689. The topological polar surface area (TPSA) is 45.2 Å². The Morgan fingerprint density at radius 1 is 1.18 bits per heavy atom. The van der Waals surface area contributed by atoms with E-state index in [-0.39, 0.29) is 24.2 Å². The van der Waals surface area contributed by atoms with Crippen molar-refractivity contribution in [1.29, 1.82) is 0 Å². The summed E-state index contributed by atoms with van der Waals surface area (Å²) in [5.41, 5.74) is 2.91. The second-order valence-electron chi connectivity index (χ2n) is 7.10. The number of halogens is 1. The van der Waals surface area contributed by atoms with Crippen LogP contribution in [0.1, 0.15) is 17.7 Å². The van der Waals surface area contributed by atoms with Crippen LogP contribution in [0.15, 0.2) is 60.0 Å². The van der Waals surface area contributed by atoms with Crippen molar-refractivity contribution in [1.82, 2.24) is 15.2 Å². The number of amides is 1. The maximum Gasteiger partial charge on any atom is 0.226 e. The molecule has 1 aliphatic rings. The minimum Gasteiger partial charge on any atom is -0.352 e. The number of nitrogens with zero attached hydrogens (tertiary/aromatic N) is 2. The monoisotopic (exact) mass is 395 g/mol. The fourth-order valence-electron chi connectivity index (χ4n) is 3.49. The summed E-state index contributed by atoms with van der Waals surface area (Å²) in [5, 5.41) is 5.83. The van der Waals surface area contributed by atoms with Gasteiger partial charge in [0.15, 0.2) is 0 Å². The molecule has 4 nitrogen and oxygen atoms in total. The predicted molar refractivity (Wildman–Crippen MR) is 109 cm³/mol. The molecule has 4 rings (SSSR count). The molecule has 0 unspecified atom stereocenters. The fraction of sp³-hybridized carbons (Fsp3) is 0.273. The summed E-state index contributed by atoms with van der Waals surface area (Å²) in [6.45, 7) is 2.78. The highest BCUT2D eigenvalue weighted by Gasteiger charge is 2.24. The lowest BCUT2D eigenvalue weighted by Crippen LogP contribution is -2.37. The first-order valence-corrected chi connectivity index (χ1v) is 10.3. The molecule has 0 aliphatic carbocycles. The maximum atomic E-state index is 13.0. The molecule has 1 aromatic heterocycles. The lowest BCUT2D eigenvalue weighted by molar-refractivity contribution is -0.121. The molecule has 0 spiro atoms. The van der Waals surface area contributed by atoms with E-state index in [1.807, 2.05) is 11.4 Å². The third kappa shape index (κ3) is 4.82. The first-order chi connectivity index (χ1) is 13.7. The SMILES string of the molecule is O=C(Cc1csc(-c2ccc(F)cc2)n1)N[C@H]1CCN(Cc2ccccc2)C1. The van der Waals surface area contributed by atoms with Crippen LogP contribution in [0.2, 0.25) is 0 Å². The van der Waals surface area contributed by atoms with Crippen molar-refractivity contribution in [3.05, 3.63) is 77.1 Å². The molecular formula is C22H22FN3OS. The minimum absolute atomic E-state index is 0.00233. The second-order valence-corrected chi connectivity index (χ2v) is 7.96. The van der Waals surface area contributed by atoms with Gasteiger partial charge < -0.3 is 5.32 Å². The lowest BCUT2D eigenvalue weighted by atomic mass is 10.2. The van der Waals surface area contributed by atoms with E-state index in [0.29, 0.717) is 0 Å². The van der Waals surface area contributed by atoms with Crippen LogP contribution in [0.25, 0.3) is 10.6 Å². The highest BCUT2D eigenvalue weighted by molar-refractivity contribution is 7.13. The molecule has 3 aromatic rings. The summed E-state index contributed by atoms with van der Waals surface area (Å²) in [7, 11) is 0. The Labute approximate surface area is 168 Å². The average Bonchev–Trinajstić information content (AvgIpc) is 3.33. The Kier molecular flexibility index (Phi) is 5.78. The van der Waals surface area contributed by atoms with E-state index in [1.165, 1.54) is 29.0 Å². The van der Waals surface area contributed by atoms with Gasteiger partial charge in [0.05, 0.1) is 12.1 Å². The van der Waals surface area contributed by atoms with E-state index in [1.54, 1.807) is 12.1 Å². The molecule has 1 saturated heterocycles. The third-order valence-electron chi connectivity index (χ3n) is 4.87. The van der Waals surface area contributed by atoms with Crippen LogP contribution in [0, 0.1) is 5.82 Å². The van der Waals surface area contributed by atoms with Gasteiger partial charge in [-0.15, -0.1) is 11.3 Å². The van der Waals surface area contributed by atoms with Gasteiger partial charge in [0.1, 0.15) is 10.8 Å². The molecular weight excluding hydrogens is 373 g/mol. The minimum atomic E-state index is -0.266. The number of thiazole rings is 1. The fourth-order valence-corrected chi connectivity index (χ4v) is 4.32. The van der Waals surface area contributed by atoms with Crippen LogP contribution in [0.4, 0.5) is 4.39 Å². The number of carbonyl (C=O) groups is 1. The van der Waals surface area contributed by atoms with E-state index in [2.05, 4.69) is 39.5 Å². The van der Waals surface area contributed by atoms with Crippen LogP contribution in [0.3, 0.4) is 0 Å². The summed E-state index contributed by atoms with van der Waals surface area (Å²) in [4.78, 5) is 19.3. The van der Waals surface area contributed by atoms with Gasteiger partial charge in [-0.25, -0.2) is 9.37 Å². The summed E-state index contributed by atoms with van der Waals surface area (Å²) in [6, 6.07) is 16.8. The Bertz CT molecular complexity index is 926.